The van der Waals surface area contributed by atoms with Crippen LogP contribution in [0.3, 0.4) is 0 Å². The van der Waals surface area contributed by atoms with E-state index in [0.717, 1.165) is 11.6 Å². The highest BCUT2D eigenvalue weighted by Gasteiger charge is 1.99. The number of carboxylic acids is 1. The van der Waals surface area contributed by atoms with Crippen molar-refractivity contribution in [2.75, 3.05) is 0 Å². The molecule has 0 saturated heterocycles. The first-order chi connectivity index (χ1) is 9.99. The van der Waals surface area contributed by atoms with Crippen LogP contribution in [0, 0.1) is 6.92 Å². The number of carbonyl (C=O) groups excluding carboxylic acids is 1. The zero-order valence-corrected chi connectivity index (χ0v) is 12.5. The minimum Gasteiger partial charge on any atom is -0.545 e. The van der Waals surface area contributed by atoms with Crippen molar-refractivity contribution in [1.82, 2.24) is 0 Å². The second-order valence-corrected chi connectivity index (χ2v) is 4.87. The number of carbonyl (C=O) groups is 1. The van der Waals surface area contributed by atoms with Gasteiger partial charge in [-0.2, -0.15) is 0 Å². The second-order valence-electron chi connectivity index (χ2n) is 4.87. The Kier molecular flexibility index (Phi) is 6.92. The molecule has 0 heterocycles. The normalized spacial score (nSPS) is 11.6. The molecule has 0 aliphatic heterocycles. The molecular formula is C18H21NO2. The summed E-state index contributed by atoms with van der Waals surface area (Å²) in [4.78, 5) is 9.97. The Labute approximate surface area is 125 Å². The van der Waals surface area contributed by atoms with Gasteiger partial charge in [-0.05, 0) is 25.5 Å². The van der Waals surface area contributed by atoms with Gasteiger partial charge in [-0.25, -0.2) is 0 Å². The Morgan fingerprint density at radius 1 is 1.10 bits per heavy atom. The summed E-state index contributed by atoms with van der Waals surface area (Å²) in [6.45, 7) is 4.20. The molecular weight excluding hydrogens is 262 g/mol. The Bertz CT molecular complexity index is 572. The van der Waals surface area contributed by atoms with Gasteiger partial charge in [-0.15, -0.1) is 0 Å². The van der Waals surface area contributed by atoms with Crippen molar-refractivity contribution in [3.8, 4) is 0 Å². The van der Waals surface area contributed by atoms with Crippen LogP contribution in [0.25, 0.3) is 6.08 Å². The lowest BCUT2D eigenvalue weighted by atomic mass is 10.1. The van der Waals surface area contributed by atoms with Crippen molar-refractivity contribution in [2.45, 2.75) is 19.9 Å². The summed E-state index contributed by atoms with van der Waals surface area (Å²) in [5, 5.41) is 9.97. The Morgan fingerprint density at radius 3 is 2.14 bits per heavy atom. The van der Waals surface area contributed by atoms with Crippen LogP contribution in [0.4, 0.5) is 0 Å². The van der Waals surface area contributed by atoms with Gasteiger partial charge in [0.2, 0.25) is 0 Å². The highest BCUT2D eigenvalue weighted by molar-refractivity contribution is 5.83. The maximum Gasteiger partial charge on any atom is 0.107 e. The van der Waals surface area contributed by atoms with Crippen LogP contribution < -0.4 is 10.8 Å². The first-order valence-corrected chi connectivity index (χ1v) is 6.83. The van der Waals surface area contributed by atoms with Crippen LogP contribution in [0.2, 0.25) is 0 Å². The fraction of sp³-hybridized carbons (Fsp3) is 0.167. The molecule has 0 fully saturated rings. The predicted octanol–water partition coefficient (Wildman–Crippen LogP) is 1.75. The number of hydrogen-bond acceptors (Lipinski definition) is 2. The van der Waals surface area contributed by atoms with Gasteiger partial charge in [0.1, 0.15) is 6.04 Å². The lowest BCUT2D eigenvalue weighted by molar-refractivity contribution is -0.420. The molecule has 3 N–H and O–H groups in total. The zero-order chi connectivity index (χ0) is 15.7. The molecule has 1 atom stereocenters. The number of hydrogen-bond donors (Lipinski definition) is 1. The molecule has 0 amide bonds. The smallest absolute Gasteiger partial charge is 0.107 e. The summed E-state index contributed by atoms with van der Waals surface area (Å²) in [5.74, 6) is -1.17. The average molecular weight is 283 g/mol. The number of quaternary nitrogens is 1. The Balaban J connectivity index is 0.000000211. The third kappa shape index (κ3) is 7.09. The number of rotatable bonds is 3. The predicted molar refractivity (Wildman–Crippen MR) is 83.0 cm³/mol. The molecule has 3 nitrogen and oxygen atoms in total. The number of carboxylic acid groups (broad SMARTS) is 1. The monoisotopic (exact) mass is 283 g/mol. The molecule has 0 aliphatic carbocycles. The maximum absolute atomic E-state index is 9.97. The summed E-state index contributed by atoms with van der Waals surface area (Å²) in [6, 6.07) is 18.1. The third-order valence-corrected chi connectivity index (χ3v) is 2.86. The van der Waals surface area contributed by atoms with Crippen molar-refractivity contribution >= 4 is 12.0 Å². The summed E-state index contributed by atoms with van der Waals surface area (Å²) in [6.07, 6.45) is 2.50. The Hall–Kier alpha value is -2.39. The molecule has 0 bridgehead atoms. The fourth-order valence-corrected chi connectivity index (χ4v) is 1.62. The first-order valence-electron chi connectivity index (χ1n) is 6.83. The summed E-state index contributed by atoms with van der Waals surface area (Å²) in [7, 11) is 0. The van der Waals surface area contributed by atoms with Gasteiger partial charge in [0.15, 0.2) is 0 Å². The number of aryl methyl sites for hydroxylation is 1. The van der Waals surface area contributed by atoms with Crippen molar-refractivity contribution < 1.29 is 15.6 Å². The molecule has 0 saturated carbocycles. The molecule has 0 aliphatic rings. The van der Waals surface area contributed by atoms with Crippen LogP contribution in [0.1, 0.15) is 29.7 Å². The fourth-order valence-electron chi connectivity index (χ4n) is 1.62. The molecule has 0 unspecified atom stereocenters. The second kappa shape index (κ2) is 8.72. The van der Waals surface area contributed by atoms with E-state index in [1.807, 2.05) is 30.3 Å². The quantitative estimate of drug-likeness (QED) is 0.872. The van der Waals surface area contributed by atoms with Crippen molar-refractivity contribution in [3.05, 3.63) is 77.4 Å². The van der Waals surface area contributed by atoms with E-state index in [2.05, 4.69) is 43.8 Å². The topological polar surface area (TPSA) is 67.8 Å². The van der Waals surface area contributed by atoms with E-state index in [1.165, 1.54) is 17.2 Å². The largest absolute Gasteiger partial charge is 0.545 e. The molecule has 2 aromatic rings. The van der Waals surface area contributed by atoms with Gasteiger partial charge in [-0.3, -0.25) is 0 Å². The van der Waals surface area contributed by atoms with Crippen LogP contribution in [-0.2, 0) is 4.79 Å². The van der Waals surface area contributed by atoms with E-state index in [9.17, 15) is 9.90 Å². The van der Waals surface area contributed by atoms with E-state index in [4.69, 9.17) is 0 Å². The van der Waals surface area contributed by atoms with E-state index in [0.29, 0.717) is 6.04 Å². The lowest BCUT2D eigenvalue weighted by Crippen LogP contribution is -2.51. The Morgan fingerprint density at radius 2 is 1.67 bits per heavy atom. The van der Waals surface area contributed by atoms with E-state index in [1.54, 1.807) is 0 Å². The highest BCUT2D eigenvalue weighted by Crippen LogP contribution is 2.08. The van der Waals surface area contributed by atoms with E-state index < -0.39 is 5.97 Å². The van der Waals surface area contributed by atoms with Gasteiger partial charge < -0.3 is 15.6 Å². The molecule has 0 aromatic heterocycles. The lowest BCUT2D eigenvalue weighted by Gasteiger charge is -2.00. The molecule has 3 heteroatoms. The minimum absolute atomic E-state index is 0.403. The molecule has 0 spiro atoms. The van der Waals surface area contributed by atoms with Crippen LogP contribution in [0.15, 0.2) is 60.7 Å². The molecule has 110 valence electrons. The van der Waals surface area contributed by atoms with Crippen LogP contribution in [-0.4, -0.2) is 5.97 Å². The molecule has 0 radical (unpaired) electrons. The molecule has 2 aromatic carbocycles. The van der Waals surface area contributed by atoms with E-state index in [-0.39, 0.29) is 0 Å². The molecule has 21 heavy (non-hydrogen) atoms. The van der Waals surface area contributed by atoms with E-state index >= 15 is 0 Å². The highest BCUT2D eigenvalue weighted by atomic mass is 16.4. The number of benzene rings is 2. The first kappa shape index (κ1) is 16.7. The summed E-state index contributed by atoms with van der Waals surface area (Å²) < 4.78 is 0. The van der Waals surface area contributed by atoms with Crippen molar-refractivity contribution in [3.63, 3.8) is 0 Å². The van der Waals surface area contributed by atoms with Gasteiger partial charge in [0, 0.05) is 5.56 Å². The van der Waals surface area contributed by atoms with Crippen LogP contribution in [0.5, 0.6) is 0 Å². The van der Waals surface area contributed by atoms with Crippen LogP contribution >= 0.6 is 0 Å². The summed E-state index contributed by atoms with van der Waals surface area (Å²) in [5.41, 5.74) is 7.42. The van der Waals surface area contributed by atoms with Gasteiger partial charge in [0.05, 0.1) is 5.97 Å². The SMILES string of the molecule is Cc1ccc([C@H](C)[NH3+])cc1.O=C([O-])/C=C/c1ccccc1. The maximum atomic E-state index is 9.97. The van der Waals surface area contributed by atoms with Gasteiger partial charge in [0.25, 0.3) is 0 Å². The number of aliphatic carboxylic acids is 1. The average Bonchev–Trinajstić information content (AvgIpc) is 2.47. The van der Waals surface area contributed by atoms with Crippen molar-refractivity contribution in [2.24, 2.45) is 0 Å². The zero-order valence-electron chi connectivity index (χ0n) is 12.5. The third-order valence-electron chi connectivity index (χ3n) is 2.86. The van der Waals surface area contributed by atoms with Gasteiger partial charge in [-0.1, -0.05) is 66.2 Å². The molecule has 2 rings (SSSR count). The van der Waals surface area contributed by atoms with Crippen molar-refractivity contribution in [1.29, 1.82) is 0 Å². The minimum atomic E-state index is -1.17. The van der Waals surface area contributed by atoms with Gasteiger partial charge >= 0.3 is 0 Å². The summed E-state index contributed by atoms with van der Waals surface area (Å²) >= 11 is 0. The standard InChI is InChI=1S/C9H13N.C9H8O2/c1-7-3-5-9(6-4-7)8(2)10;10-9(11)7-6-8-4-2-1-3-5-8/h3-6,8H,10H2,1-2H3;1-7H,(H,10,11)/b;7-6+/t8-;/m0./s1.